The predicted molar refractivity (Wildman–Crippen MR) is 210 cm³/mol. The van der Waals surface area contributed by atoms with Gasteiger partial charge in [0.05, 0.1) is 46.0 Å². The second-order valence-corrected chi connectivity index (χ2v) is 16.8. The van der Waals surface area contributed by atoms with E-state index in [2.05, 4.69) is 11.1 Å². The topological polar surface area (TPSA) is 137 Å². The van der Waals surface area contributed by atoms with Crippen LogP contribution in [-0.2, 0) is 35.9 Å². The van der Waals surface area contributed by atoms with E-state index in [4.69, 9.17) is 39.8 Å². The highest BCUT2D eigenvalue weighted by Gasteiger charge is 2.46. The van der Waals surface area contributed by atoms with Crippen molar-refractivity contribution in [1.29, 1.82) is 5.26 Å². The first-order valence-corrected chi connectivity index (χ1v) is 20.5. The SMILES string of the molecule is COc1ccc(C(OC[C@H]2O[C@@H](n3cc(C)c(=O)[nH]c3=O)C[C@@H]2OP(=S)(OCCC#N)N(C(C)C)C(C)C)(c2ccccc2)c2ccc(OC)cc2)cc1. The lowest BCUT2D eigenvalue weighted by molar-refractivity contribution is -0.0927. The number of ether oxygens (including phenoxy) is 4. The van der Waals surface area contributed by atoms with E-state index in [0.29, 0.717) is 17.1 Å². The number of aromatic amines is 1. The van der Waals surface area contributed by atoms with Gasteiger partial charge in [-0.3, -0.25) is 14.3 Å². The first-order valence-electron chi connectivity index (χ1n) is 17.9. The largest absolute Gasteiger partial charge is 0.497 e. The quantitative estimate of drug-likeness (QED) is 0.0688. The van der Waals surface area contributed by atoms with Crippen LogP contribution in [-0.4, -0.2) is 65.9 Å². The van der Waals surface area contributed by atoms with Gasteiger partial charge in [0, 0.05) is 30.3 Å². The lowest BCUT2D eigenvalue weighted by Gasteiger charge is -2.41. The zero-order valence-electron chi connectivity index (χ0n) is 31.8. The maximum absolute atomic E-state index is 13.2. The number of H-pyrrole nitrogens is 1. The third-order valence-corrected chi connectivity index (χ3v) is 13.0. The van der Waals surface area contributed by atoms with Crippen LogP contribution in [0, 0.1) is 18.3 Å². The molecule has 1 unspecified atom stereocenters. The van der Waals surface area contributed by atoms with Crippen molar-refractivity contribution in [3.63, 3.8) is 0 Å². The molecule has 0 bridgehead atoms. The maximum atomic E-state index is 13.2. The molecule has 1 aliphatic heterocycles. The molecule has 1 N–H and O–H groups in total. The Morgan fingerprint density at radius 3 is 2.02 bits per heavy atom. The van der Waals surface area contributed by atoms with Gasteiger partial charge in [0.15, 0.2) is 0 Å². The van der Waals surface area contributed by atoms with Crippen LogP contribution in [0.25, 0.3) is 0 Å². The van der Waals surface area contributed by atoms with Crippen molar-refractivity contribution in [3.05, 3.63) is 128 Å². The molecule has 1 saturated heterocycles. The van der Waals surface area contributed by atoms with Crippen molar-refractivity contribution in [2.75, 3.05) is 27.4 Å². The normalized spacial score (nSPS) is 18.5. The van der Waals surface area contributed by atoms with E-state index >= 15 is 0 Å². The molecule has 1 aromatic heterocycles. The second-order valence-electron chi connectivity index (χ2n) is 13.6. The summed E-state index contributed by atoms with van der Waals surface area (Å²) in [4.78, 5) is 27.9. The molecule has 0 aliphatic carbocycles. The molecule has 0 saturated carbocycles. The third-order valence-electron chi connectivity index (χ3n) is 9.35. The first kappa shape index (κ1) is 41.1. The fraction of sp³-hybridized carbons (Fsp3) is 0.425. The Kier molecular flexibility index (Phi) is 13.7. The molecule has 4 atom stereocenters. The summed E-state index contributed by atoms with van der Waals surface area (Å²) >= 11 is 6.28. The van der Waals surface area contributed by atoms with Crippen molar-refractivity contribution < 1.29 is 28.0 Å². The predicted octanol–water partition coefficient (Wildman–Crippen LogP) is 6.82. The number of benzene rings is 3. The Bertz CT molecular complexity index is 1990. The highest BCUT2D eigenvalue weighted by atomic mass is 32.5. The average molecular weight is 777 g/mol. The summed E-state index contributed by atoms with van der Waals surface area (Å²) in [6.45, 7) is 6.53. The van der Waals surface area contributed by atoms with Crippen molar-refractivity contribution in [1.82, 2.24) is 14.2 Å². The van der Waals surface area contributed by atoms with Crippen molar-refractivity contribution >= 4 is 18.4 Å². The molecule has 0 spiro atoms. The first-order chi connectivity index (χ1) is 25.9. The van der Waals surface area contributed by atoms with Crippen LogP contribution < -0.4 is 20.7 Å². The number of methoxy groups -OCH3 is 2. The number of rotatable bonds is 17. The van der Waals surface area contributed by atoms with Crippen LogP contribution in [0.4, 0.5) is 0 Å². The highest BCUT2D eigenvalue weighted by molar-refractivity contribution is 8.08. The zero-order chi connectivity index (χ0) is 39.0. The number of hydrogen-bond donors (Lipinski definition) is 1. The van der Waals surface area contributed by atoms with Crippen molar-refractivity contribution in [2.24, 2.45) is 0 Å². The zero-order valence-corrected chi connectivity index (χ0v) is 33.5. The molecule has 12 nitrogen and oxygen atoms in total. The lowest BCUT2D eigenvalue weighted by atomic mass is 9.80. The molecule has 1 aliphatic rings. The Morgan fingerprint density at radius 1 is 0.944 bits per heavy atom. The fourth-order valence-corrected chi connectivity index (χ4v) is 10.9. The Hall–Kier alpha value is -4.12. The number of aryl methyl sites for hydroxylation is 1. The molecule has 0 radical (unpaired) electrons. The Balaban J connectivity index is 1.63. The molecule has 3 aromatic carbocycles. The molecule has 288 valence electrons. The molecule has 1 fully saturated rings. The summed E-state index contributed by atoms with van der Waals surface area (Å²) in [5.74, 6) is 1.38. The number of aromatic nitrogens is 2. The van der Waals surface area contributed by atoms with Crippen LogP contribution in [0.2, 0.25) is 0 Å². The van der Waals surface area contributed by atoms with Crippen molar-refractivity contribution in [3.8, 4) is 17.6 Å². The standard InChI is InChI=1S/C40H49N4O8PS/c1-27(2)44(28(3)4)53(54,50-23-11-22-41)52-35-24-37(43-25-29(5)38(45)42-39(43)46)51-36(35)26-49-40(30-12-9-8-10-13-30,31-14-18-33(47-6)19-15-31)32-16-20-34(48-7)21-17-32/h8-10,12-21,25,27-28,35-37H,11,23-24,26H2,1-7H3,(H,42,45,46)/t35-,36+,37+,53?/m0/s1. The molecular weight excluding hydrogens is 728 g/mol. The summed E-state index contributed by atoms with van der Waals surface area (Å²) in [6.07, 6.45) is -0.485. The number of nitriles is 1. The average Bonchev–Trinajstić information content (AvgIpc) is 3.55. The molecule has 54 heavy (non-hydrogen) atoms. The molecule has 2 heterocycles. The Morgan fingerprint density at radius 2 is 1.50 bits per heavy atom. The summed E-state index contributed by atoms with van der Waals surface area (Å²) < 4.78 is 41.6. The Labute approximate surface area is 321 Å². The maximum Gasteiger partial charge on any atom is 0.330 e. The summed E-state index contributed by atoms with van der Waals surface area (Å²) in [6, 6.07) is 27.3. The highest BCUT2D eigenvalue weighted by Crippen LogP contribution is 2.58. The summed E-state index contributed by atoms with van der Waals surface area (Å²) in [5, 5.41) is 9.35. The van der Waals surface area contributed by atoms with Crippen LogP contribution >= 0.6 is 6.64 Å². The lowest BCUT2D eigenvalue weighted by Crippen LogP contribution is -2.40. The molecule has 0 amide bonds. The van der Waals surface area contributed by atoms with Gasteiger partial charge in [-0.05, 0) is 87.4 Å². The summed E-state index contributed by atoms with van der Waals surface area (Å²) in [7, 11) is 3.24. The van der Waals surface area contributed by atoms with E-state index in [1.807, 2.05) is 111 Å². The number of nitrogens with zero attached hydrogens (tertiary/aromatic N) is 3. The second kappa shape index (κ2) is 18.0. The van der Waals surface area contributed by atoms with E-state index in [0.717, 1.165) is 16.7 Å². The minimum Gasteiger partial charge on any atom is -0.497 e. The smallest absolute Gasteiger partial charge is 0.330 e. The van der Waals surface area contributed by atoms with Crippen LogP contribution in [0.15, 0.2) is 94.6 Å². The van der Waals surface area contributed by atoms with E-state index in [-0.39, 0.29) is 38.1 Å². The van der Waals surface area contributed by atoms with Gasteiger partial charge in [-0.2, -0.15) is 5.26 Å². The van der Waals surface area contributed by atoms with Gasteiger partial charge < -0.3 is 28.0 Å². The van der Waals surface area contributed by atoms with E-state index in [1.165, 1.54) is 10.8 Å². The van der Waals surface area contributed by atoms with E-state index in [9.17, 15) is 14.9 Å². The number of nitrogens with one attached hydrogen (secondary N) is 1. The molecule has 14 heteroatoms. The van der Waals surface area contributed by atoms with Crippen molar-refractivity contribution in [2.45, 2.75) is 83.6 Å². The monoisotopic (exact) mass is 776 g/mol. The van der Waals surface area contributed by atoms with E-state index in [1.54, 1.807) is 21.1 Å². The fourth-order valence-electron chi connectivity index (χ4n) is 6.90. The third kappa shape index (κ3) is 8.88. The summed E-state index contributed by atoms with van der Waals surface area (Å²) in [5.41, 5.74) is 0.623. The van der Waals surface area contributed by atoms with Gasteiger partial charge in [0.1, 0.15) is 29.4 Å². The van der Waals surface area contributed by atoms with Crippen LogP contribution in [0.3, 0.4) is 0 Å². The van der Waals surface area contributed by atoms with Gasteiger partial charge in [0.2, 0.25) is 0 Å². The van der Waals surface area contributed by atoms with Gasteiger partial charge in [-0.1, -0.05) is 54.6 Å². The van der Waals surface area contributed by atoms with Gasteiger partial charge in [-0.25, -0.2) is 9.46 Å². The van der Waals surface area contributed by atoms with Gasteiger partial charge in [0.25, 0.3) is 12.2 Å². The number of hydrogen-bond acceptors (Lipinski definition) is 10. The van der Waals surface area contributed by atoms with E-state index < -0.39 is 41.9 Å². The molecular formula is C40H49N4O8PS. The van der Waals surface area contributed by atoms with Gasteiger partial charge in [-0.15, -0.1) is 0 Å². The van der Waals surface area contributed by atoms with Crippen LogP contribution in [0.1, 0.15) is 69.0 Å². The molecule has 4 aromatic rings. The molecule has 5 rings (SSSR count). The van der Waals surface area contributed by atoms with Gasteiger partial charge >= 0.3 is 5.69 Å². The minimum absolute atomic E-state index is 0.0118. The van der Waals surface area contributed by atoms with Crippen LogP contribution in [0.5, 0.6) is 11.5 Å². The minimum atomic E-state index is -3.26.